The number of benzene rings is 2. The Bertz CT molecular complexity index is 819. The number of amides is 1. The summed E-state index contributed by atoms with van der Waals surface area (Å²) < 4.78 is 16.2. The minimum atomic E-state index is -0.436. The average Bonchev–Trinajstić information content (AvgIpc) is 2.78. The van der Waals surface area contributed by atoms with Gasteiger partial charge in [-0.05, 0) is 63.6 Å². The fraction of sp³-hybridized carbons (Fsp3) is 0.417. The second-order valence-corrected chi connectivity index (χ2v) is 6.76. The molecule has 2 aromatic rings. The number of anilines is 2. The molecule has 0 aliphatic rings. The molecule has 0 aromatic heterocycles. The number of carbonyl (C=O) groups is 2. The second kappa shape index (κ2) is 13.2. The van der Waals surface area contributed by atoms with E-state index < -0.39 is 5.97 Å². The van der Waals surface area contributed by atoms with Crippen molar-refractivity contribution in [2.45, 2.75) is 33.6 Å². The first-order chi connectivity index (χ1) is 15.1. The fourth-order valence-corrected chi connectivity index (χ4v) is 3.00. The van der Waals surface area contributed by atoms with Crippen molar-refractivity contribution >= 4 is 23.3 Å². The number of esters is 1. The van der Waals surface area contributed by atoms with Gasteiger partial charge in [-0.15, -0.1) is 0 Å². The van der Waals surface area contributed by atoms with Gasteiger partial charge in [-0.2, -0.15) is 0 Å². The van der Waals surface area contributed by atoms with Gasteiger partial charge < -0.3 is 24.4 Å². The maximum atomic E-state index is 12.0. The maximum Gasteiger partial charge on any atom is 0.306 e. The molecule has 7 heteroatoms. The number of rotatable bonds is 13. The molecule has 2 aromatic carbocycles. The van der Waals surface area contributed by atoms with Gasteiger partial charge in [-0.1, -0.05) is 12.1 Å². The summed E-state index contributed by atoms with van der Waals surface area (Å²) in [6, 6.07) is 15.0. The van der Waals surface area contributed by atoms with Gasteiger partial charge in [0.25, 0.3) is 5.91 Å². The summed E-state index contributed by atoms with van der Waals surface area (Å²) in [5, 5.41) is 2.73. The van der Waals surface area contributed by atoms with Crippen LogP contribution in [-0.4, -0.2) is 44.8 Å². The largest absolute Gasteiger partial charge is 0.490 e. The van der Waals surface area contributed by atoms with Crippen molar-refractivity contribution in [2.75, 3.05) is 43.1 Å². The summed E-state index contributed by atoms with van der Waals surface area (Å²) in [6.45, 7) is 8.53. The molecule has 0 unspecified atom stereocenters. The molecular weight excluding hydrogens is 396 g/mol. The molecule has 0 atom stereocenters. The van der Waals surface area contributed by atoms with Crippen molar-refractivity contribution in [3.8, 4) is 11.5 Å². The Morgan fingerprint density at radius 2 is 1.55 bits per heavy atom. The van der Waals surface area contributed by atoms with Gasteiger partial charge in [0.15, 0.2) is 18.1 Å². The Kier molecular flexibility index (Phi) is 10.2. The molecule has 1 N–H and O–H groups in total. The summed E-state index contributed by atoms with van der Waals surface area (Å²) in [5.41, 5.74) is 1.76. The summed E-state index contributed by atoms with van der Waals surface area (Å²) in [4.78, 5) is 26.1. The van der Waals surface area contributed by atoms with Crippen molar-refractivity contribution in [3.63, 3.8) is 0 Å². The quantitative estimate of drug-likeness (QED) is 0.379. The van der Waals surface area contributed by atoms with E-state index in [1.807, 2.05) is 55.5 Å². The number of ether oxygens (including phenoxy) is 3. The highest BCUT2D eigenvalue weighted by molar-refractivity contribution is 5.92. The topological polar surface area (TPSA) is 77.1 Å². The standard InChI is InChI=1S/C24H32N2O5/c1-4-26(5-2)20-15-13-19(14-16-20)25-23(27)18-31-24(28)12-9-17-30-22-11-8-7-10-21(22)29-6-3/h7-8,10-11,13-16H,4-6,9,12,17-18H2,1-3H3,(H,25,27). The fourth-order valence-electron chi connectivity index (χ4n) is 3.00. The molecule has 7 nitrogen and oxygen atoms in total. The van der Waals surface area contributed by atoms with Gasteiger partial charge in [-0.25, -0.2) is 0 Å². The highest BCUT2D eigenvalue weighted by atomic mass is 16.5. The molecule has 31 heavy (non-hydrogen) atoms. The third-order valence-electron chi connectivity index (χ3n) is 4.58. The molecule has 0 saturated heterocycles. The van der Waals surface area contributed by atoms with Crippen LogP contribution in [-0.2, 0) is 14.3 Å². The molecule has 168 valence electrons. The van der Waals surface area contributed by atoms with Crippen molar-refractivity contribution in [2.24, 2.45) is 0 Å². The smallest absolute Gasteiger partial charge is 0.306 e. The zero-order valence-corrected chi connectivity index (χ0v) is 18.6. The van der Waals surface area contributed by atoms with Crippen molar-refractivity contribution < 1.29 is 23.8 Å². The predicted molar refractivity (Wildman–Crippen MR) is 122 cm³/mol. The van der Waals surface area contributed by atoms with Gasteiger partial charge in [0, 0.05) is 30.9 Å². The first-order valence-electron chi connectivity index (χ1n) is 10.7. The van der Waals surface area contributed by atoms with Crippen LogP contribution in [0.2, 0.25) is 0 Å². The molecular formula is C24H32N2O5. The number of nitrogens with zero attached hydrogens (tertiary/aromatic N) is 1. The SMILES string of the molecule is CCOc1ccccc1OCCCC(=O)OCC(=O)Nc1ccc(N(CC)CC)cc1. The Balaban J connectivity index is 1.66. The minimum absolute atomic E-state index is 0.169. The van der Waals surface area contributed by atoms with Gasteiger partial charge in [-0.3, -0.25) is 9.59 Å². The lowest BCUT2D eigenvalue weighted by molar-refractivity contribution is -0.147. The van der Waals surface area contributed by atoms with E-state index in [2.05, 4.69) is 24.1 Å². The molecule has 0 spiro atoms. The van der Waals surface area contributed by atoms with Crippen LogP contribution in [0.4, 0.5) is 11.4 Å². The number of carbonyl (C=O) groups excluding carboxylic acids is 2. The Morgan fingerprint density at radius 3 is 2.16 bits per heavy atom. The van der Waals surface area contributed by atoms with Crippen LogP contribution in [0.3, 0.4) is 0 Å². The number of para-hydroxylation sites is 2. The molecule has 2 rings (SSSR count). The second-order valence-electron chi connectivity index (χ2n) is 6.76. The zero-order chi connectivity index (χ0) is 22.5. The third-order valence-corrected chi connectivity index (χ3v) is 4.58. The molecule has 0 bridgehead atoms. The first-order valence-corrected chi connectivity index (χ1v) is 10.7. The van der Waals surface area contributed by atoms with E-state index in [-0.39, 0.29) is 18.9 Å². The molecule has 0 aliphatic heterocycles. The predicted octanol–water partition coefficient (Wildman–Crippen LogP) is 4.27. The van der Waals surface area contributed by atoms with E-state index in [9.17, 15) is 9.59 Å². The van der Waals surface area contributed by atoms with Crippen LogP contribution >= 0.6 is 0 Å². The van der Waals surface area contributed by atoms with E-state index in [1.54, 1.807) is 0 Å². The van der Waals surface area contributed by atoms with Crippen LogP contribution in [0.1, 0.15) is 33.6 Å². The Labute approximate surface area is 184 Å². The van der Waals surface area contributed by atoms with Crippen LogP contribution in [0, 0.1) is 0 Å². The monoisotopic (exact) mass is 428 g/mol. The Hall–Kier alpha value is -3.22. The summed E-state index contributed by atoms with van der Waals surface area (Å²) in [7, 11) is 0. The summed E-state index contributed by atoms with van der Waals surface area (Å²) >= 11 is 0. The maximum absolute atomic E-state index is 12.0. The summed E-state index contributed by atoms with van der Waals surface area (Å²) in [5.74, 6) is 0.512. The van der Waals surface area contributed by atoms with Crippen LogP contribution in [0.15, 0.2) is 48.5 Å². The lowest BCUT2D eigenvalue weighted by Crippen LogP contribution is -2.22. The molecule has 1 amide bonds. The first kappa shape index (κ1) is 24.1. The van der Waals surface area contributed by atoms with Crippen molar-refractivity contribution in [1.29, 1.82) is 0 Å². The Morgan fingerprint density at radius 1 is 0.903 bits per heavy atom. The van der Waals surface area contributed by atoms with Gasteiger partial charge in [0.1, 0.15) is 0 Å². The highest BCUT2D eigenvalue weighted by Crippen LogP contribution is 2.26. The minimum Gasteiger partial charge on any atom is -0.490 e. The molecule has 0 saturated carbocycles. The molecule has 0 fully saturated rings. The molecule has 0 aliphatic carbocycles. The van der Waals surface area contributed by atoms with Crippen molar-refractivity contribution in [3.05, 3.63) is 48.5 Å². The van der Waals surface area contributed by atoms with E-state index in [1.165, 1.54) is 0 Å². The van der Waals surface area contributed by atoms with E-state index >= 15 is 0 Å². The van der Waals surface area contributed by atoms with Gasteiger partial charge >= 0.3 is 5.97 Å². The van der Waals surface area contributed by atoms with Gasteiger partial charge in [0.05, 0.1) is 13.2 Å². The highest BCUT2D eigenvalue weighted by Gasteiger charge is 2.09. The third kappa shape index (κ3) is 8.20. The molecule has 0 heterocycles. The number of hydrogen-bond donors (Lipinski definition) is 1. The number of nitrogens with one attached hydrogen (secondary N) is 1. The van der Waals surface area contributed by atoms with E-state index in [4.69, 9.17) is 14.2 Å². The zero-order valence-electron chi connectivity index (χ0n) is 18.6. The van der Waals surface area contributed by atoms with Crippen LogP contribution in [0.25, 0.3) is 0 Å². The lowest BCUT2D eigenvalue weighted by Gasteiger charge is -2.21. The lowest BCUT2D eigenvalue weighted by atomic mass is 10.2. The normalized spacial score (nSPS) is 10.3. The van der Waals surface area contributed by atoms with E-state index in [0.717, 1.165) is 18.8 Å². The van der Waals surface area contributed by atoms with Crippen molar-refractivity contribution in [1.82, 2.24) is 0 Å². The number of hydrogen-bond acceptors (Lipinski definition) is 6. The molecule has 0 radical (unpaired) electrons. The van der Waals surface area contributed by atoms with Crippen LogP contribution in [0.5, 0.6) is 11.5 Å². The summed E-state index contributed by atoms with van der Waals surface area (Å²) in [6.07, 6.45) is 0.649. The van der Waals surface area contributed by atoms with Crippen LogP contribution < -0.4 is 19.7 Å². The van der Waals surface area contributed by atoms with Gasteiger partial charge in [0.2, 0.25) is 0 Å². The average molecular weight is 429 g/mol. The van der Waals surface area contributed by atoms with E-state index in [0.29, 0.717) is 36.8 Å².